The molecule has 0 radical (unpaired) electrons. The van der Waals surface area contributed by atoms with Crippen LogP contribution in [0.2, 0.25) is 10.0 Å². The third-order valence-corrected chi connectivity index (χ3v) is 5.48. The molecule has 0 spiro atoms. The molecule has 0 atom stereocenters. The van der Waals surface area contributed by atoms with E-state index in [4.69, 9.17) is 23.2 Å². The standard InChI is InChI=1S/C21H10Cl2F6N4O/c22-14-6-16-17(7-15(14)23)33-18(5-13(20(24,25)26)12(8-30)19(33)32-16)31-9-10-1-3-11(4-2-10)34-21(27,28)29/h1-7,31H,9H2. The Morgan fingerprint density at radius 1 is 1.00 bits per heavy atom. The molecule has 176 valence electrons. The Kier molecular flexibility index (Phi) is 5.91. The molecule has 0 unspecified atom stereocenters. The molecule has 0 saturated heterocycles. The summed E-state index contributed by atoms with van der Waals surface area (Å²) in [6.07, 6.45) is -9.71. The van der Waals surface area contributed by atoms with Crippen molar-refractivity contribution in [3.63, 3.8) is 0 Å². The topological polar surface area (TPSA) is 62.3 Å². The highest BCUT2D eigenvalue weighted by molar-refractivity contribution is 6.42. The Labute approximate surface area is 197 Å². The number of nitrogens with one attached hydrogen (secondary N) is 1. The molecule has 2 aromatic carbocycles. The summed E-state index contributed by atoms with van der Waals surface area (Å²) in [4.78, 5) is 4.16. The Hall–Kier alpha value is -3.36. The van der Waals surface area contributed by atoms with E-state index in [1.807, 2.05) is 0 Å². The zero-order valence-corrected chi connectivity index (χ0v) is 18.0. The molecule has 1 N–H and O–H groups in total. The molecule has 0 aliphatic rings. The first kappa shape index (κ1) is 23.8. The van der Waals surface area contributed by atoms with E-state index in [1.54, 1.807) is 6.07 Å². The molecule has 2 heterocycles. The second-order valence-corrected chi connectivity index (χ2v) is 7.81. The summed E-state index contributed by atoms with van der Waals surface area (Å²) in [5.41, 5.74) is -1.19. The van der Waals surface area contributed by atoms with Gasteiger partial charge in [0.1, 0.15) is 23.2 Å². The van der Waals surface area contributed by atoms with E-state index in [2.05, 4.69) is 15.0 Å². The van der Waals surface area contributed by atoms with E-state index >= 15 is 0 Å². The molecule has 0 aliphatic carbocycles. The normalized spacial score (nSPS) is 12.2. The summed E-state index contributed by atoms with van der Waals surface area (Å²) >= 11 is 12.1. The number of fused-ring (bicyclic) bond motifs is 3. The molecule has 5 nitrogen and oxygen atoms in total. The second-order valence-electron chi connectivity index (χ2n) is 7.00. The van der Waals surface area contributed by atoms with E-state index in [1.165, 1.54) is 28.7 Å². The van der Waals surface area contributed by atoms with Gasteiger partial charge in [0.25, 0.3) is 0 Å². The summed E-state index contributed by atoms with van der Waals surface area (Å²) in [7, 11) is 0. The van der Waals surface area contributed by atoms with Crippen LogP contribution in [0.5, 0.6) is 5.75 Å². The minimum absolute atomic E-state index is 0.0639. The number of imidazole rings is 1. The van der Waals surface area contributed by atoms with Crippen LogP contribution < -0.4 is 10.1 Å². The smallest absolute Gasteiger partial charge is 0.406 e. The fourth-order valence-corrected chi connectivity index (χ4v) is 3.66. The average molecular weight is 519 g/mol. The molecular formula is C21H10Cl2F6N4O. The van der Waals surface area contributed by atoms with Gasteiger partial charge < -0.3 is 10.1 Å². The number of nitriles is 1. The van der Waals surface area contributed by atoms with Crippen molar-refractivity contribution in [1.82, 2.24) is 9.38 Å². The Morgan fingerprint density at radius 3 is 2.24 bits per heavy atom. The number of rotatable bonds is 4. The van der Waals surface area contributed by atoms with Crippen molar-refractivity contribution >= 4 is 45.7 Å². The number of hydrogen-bond acceptors (Lipinski definition) is 4. The molecular weight excluding hydrogens is 509 g/mol. The van der Waals surface area contributed by atoms with Gasteiger partial charge in [-0.05, 0) is 35.9 Å². The summed E-state index contributed by atoms with van der Waals surface area (Å²) in [5, 5.41) is 12.5. The molecule has 0 amide bonds. The minimum Gasteiger partial charge on any atom is -0.406 e. The predicted octanol–water partition coefficient (Wildman–Crippen LogP) is 7.20. The van der Waals surface area contributed by atoms with Gasteiger partial charge in [-0.3, -0.25) is 4.40 Å². The number of alkyl halides is 6. The van der Waals surface area contributed by atoms with Crippen LogP contribution in [-0.2, 0) is 12.7 Å². The van der Waals surface area contributed by atoms with Crippen LogP contribution in [0.4, 0.5) is 32.2 Å². The van der Waals surface area contributed by atoms with Crippen LogP contribution in [0.25, 0.3) is 16.7 Å². The molecule has 34 heavy (non-hydrogen) atoms. The summed E-state index contributed by atoms with van der Waals surface area (Å²) in [6, 6.07) is 9.89. The largest absolute Gasteiger partial charge is 0.573 e. The number of anilines is 1. The van der Waals surface area contributed by atoms with Crippen molar-refractivity contribution in [2.75, 3.05) is 5.32 Å². The molecule has 13 heteroatoms. The predicted molar refractivity (Wildman–Crippen MR) is 113 cm³/mol. The molecule has 4 aromatic rings. The van der Waals surface area contributed by atoms with Gasteiger partial charge in [-0.2, -0.15) is 18.4 Å². The number of aromatic nitrogens is 2. The Morgan fingerprint density at radius 2 is 1.65 bits per heavy atom. The SMILES string of the molecule is N#Cc1c(C(F)(F)F)cc(NCc2ccc(OC(F)(F)F)cc2)n2c1nc1cc(Cl)c(Cl)cc12. The maximum absolute atomic E-state index is 13.7. The highest BCUT2D eigenvalue weighted by Gasteiger charge is 2.36. The van der Waals surface area contributed by atoms with Crippen molar-refractivity contribution in [3.05, 3.63) is 69.2 Å². The lowest BCUT2D eigenvalue weighted by molar-refractivity contribution is -0.274. The van der Waals surface area contributed by atoms with Crippen molar-refractivity contribution in [1.29, 1.82) is 5.26 Å². The van der Waals surface area contributed by atoms with Gasteiger partial charge in [0, 0.05) is 6.54 Å². The average Bonchev–Trinajstić information content (AvgIpc) is 3.09. The molecule has 2 aromatic heterocycles. The Balaban J connectivity index is 1.81. The van der Waals surface area contributed by atoms with Crippen molar-refractivity contribution < 1.29 is 31.1 Å². The summed E-state index contributed by atoms with van der Waals surface area (Å²) in [5.74, 6) is -0.513. The number of hydrogen-bond donors (Lipinski definition) is 1. The molecule has 0 aliphatic heterocycles. The van der Waals surface area contributed by atoms with Crippen LogP contribution in [0.15, 0.2) is 42.5 Å². The molecule has 0 fully saturated rings. The molecule has 0 saturated carbocycles. The maximum Gasteiger partial charge on any atom is 0.573 e. The lowest BCUT2D eigenvalue weighted by Crippen LogP contribution is -2.17. The van der Waals surface area contributed by atoms with Gasteiger partial charge in [-0.25, -0.2) is 4.98 Å². The van der Waals surface area contributed by atoms with E-state index in [0.717, 1.165) is 18.2 Å². The van der Waals surface area contributed by atoms with Crippen LogP contribution >= 0.6 is 23.2 Å². The van der Waals surface area contributed by atoms with Crippen molar-refractivity contribution in [2.24, 2.45) is 0 Å². The zero-order chi connectivity index (χ0) is 24.8. The van der Waals surface area contributed by atoms with Gasteiger partial charge in [-0.1, -0.05) is 35.3 Å². The maximum atomic E-state index is 13.7. The number of halogens is 8. The van der Waals surface area contributed by atoms with E-state index in [9.17, 15) is 31.6 Å². The quantitative estimate of drug-likeness (QED) is 0.290. The first-order valence-electron chi connectivity index (χ1n) is 9.27. The van der Waals surface area contributed by atoms with Gasteiger partial charge in [0.05, 0.1) is 26.6 Å². The monoisotopic (exact) mass is 518 g/mol. The first-order valence-corrected chi connectivity index (χ1v) is 10.0. The number of benzene rings is 2. The van der Waals surface area contributed by atoms with E-state index in [0.29, 0.717) is 11.1 Å². The Bertz CT molecular complexity index is 1440. The highest BCUT2D eigenvalue weighted by Crippen LogP contribution is 2.38. The van der Waals surface area contributed by atoms with Crippen molar-refractivity contribution in [2.45, 2.75) is 19.1 Å². The number of ether oxygens (including phenoxy) is 1. The van der Waals surface area contributed by atoms with Crippen LogP contribution in [0, 0.1) is 11.3 Å². The summed E-state index contributed by atoms with van der Waals surface area (Å²) in [6.45, 7) is -0.0639. The first-order chi connectivity index (χ1) is 15.9. The van der Waals surface area contributed by atoms with Crippen LogP contribution in [0.1, 0.15) is 16.7 Å². The van der Waals surface area contributed by atoms with Crippen molar-refractivity contribution in [3.8, 4) is 11.8 Å². The number of pyridine rings is 1. The fraction of sp³-hybridized carbons (Fsp3) is 0.143. The van der Waals surface area contributed by atoms with Gasteiger partial charge >= 0.3 is 12.5 Å². The third-order valence-electron chi connectivity index (χ3n) is 4.76. The van der Waals surface area contributed by atoms with Gasteiger partial charge in [-0.15, -0.1) is 13.2 Å². The second kappa shape index (κ2) is 8.45. The van der Waals surface area contributed by atoms with E-state index < -0.39 is 29.4 Å². The lowest BCUT2D eigenvalue weighted by atomic mass is 10.1. The number of nitrogens with zero attached hydrogens (tertiary/aromatic N) is 3. The highest BCUT2D eigenvalue weighted by atomic mass is 35.5. The van der Waals surface area contributed by atoms with Crippen LogP contribution in [-0.4, -0.2) is 15.7 Å². The fourth-order valence-electron chi connectivity index (χ4n) is 3.34. The molecule has 4 rings (SSSR count). The molecule has 0 bridgehead atoms. The van der Waals surface area contributed by atoms with Gasteiger partial charge in [0.15, 0.2) is 5.65 Å². The van der Waals surface area contributed by atoms with Gasteiger partial charge in [0.2, 0.25) is 0 Å². The zero-order valence-electron chi connectivity index (χ0n) is 16.5. The van der Waals surface area contributed by atoms with E-state index in [-0.39, 0.29) is 33.6 Å². The third kappa shape index (κ3) is 4.64. The lowest BCUT2D eigenvalue weighted by Gasteiger charge is -2.16. The minimum atomic E-state index is -4.85. The summed E-state index contributed by atoms with van der Waals surface area (Å²) < 4.78 is 83.2. The van der Waals surface area contributed by atoms with Crippen LogP contribution in [0.3, 0.4) is 0 Å².